The van der Waals surface area contributed by atoms with E-state index in [0.29, 0.717) is 11.8 Å². The second-order valence-electron chi connectivity index (χ2n) is 6.44. The normalized spacial score (nSPS) is 20.9. The fourth-order valence-electron chi connectivity index (χ4n) is 4.06. The zero-order valence-electron chi connectivity index (χ0n) is 14.2. The van der Waals surface area contributed by atoms with Crippen LogP contribution in [-0.4, -0.2) is 14.2 Å². The molecule has 0 aliphatic heterocycles. The third-order valence-electron chi connectivity index (χ3n) is 5.24. The first-order valence-corrected chi connectivity index (χ1v) is 8.51. The Morgan fingerprint density at radius 3 is 1.50 bits per heavy atom. The lowest BCUT2D eigenvalue weighted by atomic mass is 9.88. The molecule has 0 fully saturated rings. The minimum absolute atomic E-state index is 0.345. The van der Waals surface area contributed by atoms with Crippen molar-refractivity contribution in [2.75, 3.05) is 14.2 Å². The van der Waals surface area contributed by atoms with Crippen molar-refractivity contribution in [1.29, 1.82) is 0 Å². The summed E-state index contributed by atoms with van der Waals surface area (Å²) in [6, 6.07) is 17.2. The number of rotatable bonds is 5. The number of benzene rings is 2. The maximum atomic E-state index is 5.66. The smallest absolute Gasteiger partial charge is 0.104 e. The lowest BCUT2D eigenvalue weighted by Gasteiger charge is -2.20. The predicted octanol–water partition coefficient (Wildman–Crippen LogP) is 5.34. The molecule has 2 nitrogen and oxygen atoms in total. The zero-order chi connectivity index (χ0) is 16.5. The molecule has 0 heterocycles. The standard InChI is InChI=1S/C22H22O2/c1-23-21-13-15-7-3-5-9-17(15)19(21)11-12-20-18-10-6-4-8-16(18)14-22(20)24-2/h3-10,13-14,19-20H,11-12H2,1-2H3. The first-order valence-electron chi connectivity index (χ1n) is 8.51. The monoisotopic (exact) mass is 318 g/mol. The van der Waals surface area contributed by atoms with E-state index in [4.69, 9.17) is 9.47 Å². The molecule has 4 rings (SSSR count). The molecule has 0 radical (unpaired) electrons. The molecule has 2 aliphatic rings. The van der Waals surface area contributed by atoms with Crippen LogP contribution in [0.15, 0.2) is 60.0 Å². The Morgan fingerprint density at radius 2 is 1.08 bits per heavy atom. The summed E-state index contributed by atoms with van der Waals surface area (Å²) in [4.78, 5) is 0. The van der Waals surface area contributed by atoms with Crippen molar-refractivity contribution >= 4 is 12.2 Å². The number of hydrogen-bond acceptors (Lipinski definition) is 2. The van der Waals surface area contributed by atoms with Gasteiger partial charge in [-0.25, -0.2) is 0 Å². The van der Waals surface area contributed by atoms with Crippen LogP contribution in [0, 0.1) is 0 Å². The van der Waals surface area contributed by atoms with Crippen molar-refractivity contribution in [3.8, 4) is 0 Å². The zero-order valence-corrected chi connectivity index (χ0v) is 14.2. The third kappa shape index (κ3) is 2.43. The van der Waals surface area contributed by atoms with Crippen molar-refractivity contribution in [1.82, 2.24) is 0 Å². The van der Waals surface area contributed by atoms with Crippen molar-refractivity contribution in [3.63, 3.8) is 0 Å². The number of hydrogen-bond donors (Lipinski definition) is 0. The number of allylic oxidation sites excluding steroid dienone is 2. The largest absolute Gasteiger partial charge is 0.500 e. The van der Waals surface area contributed by atoms with E-state index in [2.05, 4.69) is 60.7 Å². The minimum atomic E-state index is 0.345. The molecule has 2 aliphatic carbocycles. The molecule has 2 aromatic rings. The Hall–Kier alpha value is -2.48. The Bertz CT molecular complexity index is 747. The molecular weight excluding hydrogens is 296 g/mol. The van der Waals surface area contributed by atoms with Gasteiger partial charge in [0.05, 0.1) is 14.2 Å². The molecule has 0 N–H and O–H groups in total. The van der Waals surface area contributed by atoms with Crippen LogP contribution < -0.4 is 0 Å². The summed E-state index contributed by atoms with van der Waals surface area (Å²) in [5.74, 6) is 2.84. The Morgan fingerprint density at radius 1 is 0.667 bits per heavy atom. The molecule has 2 heteroatoms. The van der Waals surface area contributed by atoms with Crippen molar-refractivity contribution in [2.45, 2.75) is 24.7 Å². The molecule has 2 atom stereocenters. The van der Waals surface area contributed by atoms with Gasteiger partial charge in [-0.15, -0.1) is 0 Å². The lowest BCUT2D eigenvalue weighted by Crippen LogP contribution is -2.06. The van der Waals surface area contributed by atoms with Gasteiger partial charge in [0.25, 0.3) is 0 Å². The minimum Gasteiger partial charge on any atom is -0.500 e. The SMILES string of the molecule is COC1=Cc2ccccc2C1CCC1C(OC)=Cc2ccccc21. The molecule has 0 spiro atoms. The first-order chi connectivity index (χ1) is 11.8. The predicted molar refractivity (Wildman–Crippen MR) is 97.6 cm³/mol. The van der Waals surface area contributed by atoms with Crippen molar-refractivity contribution < 1.29 is 9.47 Å². The molecule has 24 heavy (non-hydrogen) atoms. The van der Waals surface area contributed by atoms with Gasteiger partial charge in [-0.3, -0.25) is 0 Å². The van der Waals surface area contributed by atoms with Crippen LogP contribution in [0.2, 0.25) is 0 Å². The van der Waals surface area contributed by atoms with Crippen molar-refractivity contribution in [2.24, 2.45) is 0 Å². The maximum Gasteiger partial charge on any atom is 0.104 e. The molecule has 2 unspecified atom stereocenters. The number of fused-ring (bicyclic) bond motifs is 2. The summed E-state index contributed by atoms with van der Waals surface area (Å²) in [7, 11) is 3.55. The number of methoxy groups -OCH3 is 2. The molecule has 0 aromatic heterocycles. The summed E-state index contributed by atoms with van der Waals surface area (Å²) in [6.45, 7) is 0. The molecule has 0 saturated heterocycles. The van der Waals surface area contributed by atoms with Gasteiger partial charge in [-0.1, -0.05) is 48.5 Å². The summed E-state index contributed by atoms with van der Waals surface area (Å²) in [6.07, 6.45) is 6.46. The number of ether oxygens (including phenoxy) is 2. The van der Waals surface area contributed by atoms with Gasteiger partial charge in [0.1, 0.15) is 11.5 Å². The molecule has 0 bridgehead atoms. The molecule has 2 aromatic carbocycles. The fourth-order valence-corrected chi connectivity index (χ4v) is 4.06. The first kappa shape index (κ1) is 15.1. The Labute approximate surface area is 143 Å². The van der Waals surface area contributed by atoms with Gasteiger partial charge in [-0.05, 0) is 47.2 Å². The molecule has 122 valence electrons. The summed E-state index contributed by atoms with van der Waals surface area (Å²) in [5, 5.41) is 0. The van der Waals surface area contributed by atoms with E-state index in [-0.39, 0.29) is 0 Å². The van der Waals surface area contributed by atoms with E-state index in [1.54, 1.807) is 14.2 Å². The lowest BCUT2D eigenvalue weighted by molar-refractivity contribution is 0.252. The van der Waals surface area contributed by atoms with Gasteiger partial charge in [0.15, 0.2) is 0 Å². The highest BCUT2D eigenvalue weighted by atomic mass is 16.5. The van der Waals surface area contributed by atoms with Crippen LogP contribution in [0.25, 0.3) is 12.2 Å². The summed E-state index contributed by atoms with van der Waals surface area (Å²) >= 11 is 0. The average molecular weight is 318 g/mol. The van der Waals surface area contributed by atoms with Gasteiger partial charge in [0, 0.05) is 11.8 Å². The van der Waals surface area contributed by atoms with Crippen LogP contribution in [0.5, 0.6) is 0 Å². The molecular formula is C22H22O2. The van der Waals surface area contributed by atoms with Gasteiger partial charge < -0.3 is 9.47 Å². The van der Waals surface area contributed by atoms with Crippen LogP contribution in [0.1, 0.15) is 46.9 Å². The second-order valence-corrected chi connectivity index (χ2v) is 6.44. The van der Waals surface area contributed by atoms with E-state index < -0.39 is 0 Å². The van der Waals surface area contributed by atoms with Crippen LogP contribution >= 0.6 is 0 Å². The summed E-state index contributed by atoms with van der Waals surface area (Å²) < 4.78 is 11.3. The highest BCUT2D eigenvalue weighted by Crippen LogP contribution is 2.45. The van der Waals surface area contributed by atoms with Crippen LogP contribution in [-0.2, 0) is 9.47 Å². The van der Waals surface area contributed by atoms with Gasteiger partial charge >= 0.3 is 0 Å². The van der Waals surface area contributed by atoms with E-state index in [1.165, 1.54) is 22.3 Å². The van der Waals surface area contributed by atoms with E-state index in [0.717, 1.165) is 24.4 Å². The Kier molecular flexibility index (Phi) is 3.89. The van der Waals surface area contributed by atoms with Crippen LogP contribution in [0.4, 0.5) is 0 Å². The average Bonchev–Trinajstić information content (AvgIpc) is 3.17. The summed E-state index contributed by atoms with van der Waals surface area (Å²) in [5.41, 5.74) is 5.33. The highest BCUT2D eigenvalue weighted by molar-refractivity contribution is 5.66. The second kappa shape index (κ2) is 6.20. The fraction of sp³-hybridized carbons (Fsp3) is 0.273. The highest BCUT2D eigenvalue weighted by Gasteiger charge is 2.30. The van der Waals surface area contributed by atoms with Gasteiger partial charge in [0.2, 0.25) is 0 Å². The topological polar surface area (TPSA) is 18.5 Å². The quantitative estimate of drug-likeness (QED) is 0.741. The van der Waals surface area contributed by atoms with E-state index >= 15 is 0 Å². The molecule has 0 saturated carbocycles. The third-order valence-corrected chi connectivity index (χ3v) is 5.24. The maximum absolute atomic E-state index is 5.66. The van der Waals surface area contributed by atoms with E-state index in [1.807, 2.05) is 0 Å². The van der Waals surface area contributed by atoms with Crippen molar-refractivity contribution in [3.05, 3.63) is 82.3 Å². The van der Waals surface area contributed by atoms with Crippen LogP contribution in [0.3, 0.4) is 0 Å². The molecule has 0 amide bonds. The van der Waals surface area contributed by atoms with Gasteiger partial charge in [-0.2, -0.15) is 0 Å². The van der Waals surface area contributed by atoms with E-state index in [9.17, 15) is 0 Å². The Balaban J connectivity index is 1.57.